The molecule has 2 atom stereocenters. The van der Waals surface area contributed by atoms with Crippen LogP contribution in [0, 0.1) is 12.8 Å². The first-order valence-electron chi connectivity index (χ1n) is 12.2. The summed E-state index contributed by atoms with van der Waals surface area (Å²) in [4.78, 5) is 41.2. The molecular formula is C27H43N3O4. The number of hydrogen-bond donors (Lipinski definition) is 2. The first kappa shape index (κ1) is 29.2. The number of nitrogens with zero attached hydrogens (tertiary/aromatic N) is 1. The van der Waals surface area contributed by atoms with E-state index in [0.717, 1.165) is 30.4 Å². The second-order valence-electron chi connectivity index (χ2n) is 9.90. The molecule has 0 aliphatic rings. The van der Waals surface area contributed by atoms with Gasteiger partial charge in [0.25, 0.3) is 0 Å². The van der Waals surface area contributed by atoms with E-state index in [1.54, 1.807) is 26.8 Å². The highest BCUT2D eigenvalue weighted by atomic mass is 16.6. The second-order valence-corrected chi connectivity index (χ2v) is 9.90. The lowest BCUT2D eigenvalue weighted by atomic mass is 9.96. The van der Waals surface area contributed by atoms with Gasteiger partial charge in [-0.2, -0.15) is 0 Å². The van der Waals surface area contributed by atoms with E-state index >= 15 is 0 Å². The van der Waals surface area contributed by atoms with E-state index in [1.165, 1.54) is 4.90 Å². The number of nitrogens with one attached hydrogen (secondary N) is 2. The standard InChI is InChI=1S/C27H43N3O4/c1-9-11-14-17-28-24(31)23(21-16-13-12-15-20(21)5)30(18-10-2)25(32)22(19(3)4)29-26(33)34-27(6,7)8/h10,12-13,15-16,19,22-23H,2,9,11,14,17-18H2,1,3-8H3,(H,28,31)(H,29,33). The maximum atomic E-state index is 13.8. The van der Waals surface area contributed by atoms with Gasteiger partial charge in [-0.05, 0) is 51.2 Å². The van der Waals surface area contributed by atoms with E-state index in [-0.39, 0.29) is 24.3 Å². The molecule has 1 aromatic carbocycles. The maximum Gasteiger partial charge on any atom is 0.408 e. The molecule has 2 N–H and O–H groups in total. The van der Waals surface area contributed by atoms with E-state index in [2.05, 4.69) is 24.1 Å². The van der Waals surface area contributed by atoms with Crippen molar-refractivity contribution in [3.63, 3.8) is 0 Å². The number of carbonyl (C=O) groups excluding carboxylic acids is 3. The summed E-state index contributed by atoms with van der Waals surface area (Å²) in [6.07, 6.45) is 3.85. The Morgan fingerprint density at radius 3 is 2.32 bits per heavy atom. The third-order valence-corrected chi connectivity index (χ3v) is 5.34. The Labute approximate surface area is 205 Å². The predicted octanol–water partition coefficient (Wildman–Crippen LogP) is 4.91. The van der Waals surface area contributed by atoms with Crippen LogP contribution < -0.4 is 10.6 Å². The van der Waals surface area contributed by atoms with Crippen LogP contribution in [0.25, 0.3) is 0 Å². The quantitative estimate of drug-likeness (QED) is 0.334. The number of benzene rings is 1. The van der Waals surface area contributed by atoms with Gasteiger partial charge in [0.05, 0.1) is 0 Å². The van der Waals surface area contributed by atoms with Crippen LogP contribution >= 0.6 is 0 Å². The number of unbranched alkanes of at least 4 members (excludes halogenated alkanes) is 2. The Hall–Kier alpha value is -2.83. The van der Waals surface area contributed by atoms with Crippen molar-refractivity contribution in [1.82, 2.24) is 15.5 Å². The van der Waals surface area contributed by atoms with Crippen LogP contribution in [0.15, 0.2) is 36.9 Å². The molecule has 0 fully saturated rings. The van der Waals surface area contributed by atoms with Gasteiger partial charge in [0.2, 0.25) is 11.8 Å². The Morgan fingerprint density at radius 2 is 1.79 bits per heavy atom. The molecule has 3 amide bonds. The third-order valence-electron chi connectivity index (χ3n) is 5.34. The Balaban J connectivity index is 3.34. The zero-order valence-corrected chi connectivity index (χ0v) is 21.9. The topological polar surface area (TPSA) is 87.7 Å². The summed E-state index contributed by atoms with van der Waals surface area (Å²) < 4.78 is 5.38. The lowest BCUT2D eigenvalue weighted by Gasteiger charge is -2.35. The molecule has 0 saturated heterocycles. The van der Waals surface area contributed by atoms with Gasteiger partial charge in [0.1, 0.15) is 17.7 Å². The first-order chi connectivity index (χ1) is 15.9. The van der Waals surface area contributed by atoms with E-state index in [4.69, 9.17) is 4.74 Å². The average molecular weight is 474 g/mol. The molecule has 0 aromatic heterocycles. The van der Waals surface area contributed by atoms with E-state index < -0.39 is 23.8 Å². The van der Waals surface area contributed by atoms with Crippen LogP contribution in [0.4, 0.5) is 4.79 Å². The molecule has 1 aromatic rings. The Bertz CT molecular complexity index is 829. The van der Waals surface area contributed by atoms with Gasteiger partial charge >= 0.3 is 6.09 Å². The number of rotatable bonds is 12. The molecule has 190 valence electrons. The third kappa shape index (κ3) is 9.20. The maximum absolute atomic E-state index is 13.8. The summed E-state index contributed by atoms with van der Waals surface area (Å²) in [6.45, 7) is 17.5. The fraction of sp³-hybridized carbons (Fsp3) is 0.593. The zero-order valence-electron chi connectivity index (χ0n) is 21.9. The van der Waals surface area contributed by atoms with E-state index in [9.17, 15) is 14.4 Å². The summed E-state index contributed by atoms with van der Waals surface area (Å²) in [5, 5.41) is 5.71. The summed E-state index contributed by atoms with van der Waals surface area (Å²) in [5.74, 6) is -0.837. The fourth-order valence-electron chi connectivity index (χ4n) is 3.62. The average Bonchev–Trinajstić information content (AvgIpc) is 2.74. The van der Waals surface area contributed by atoms with Crippen molar-refractivity contribution in [2.45, 2.75) is 85.4 Å². The van der Waals surface area contributed by atoms with Crippen LogP contribution in [-0.2, 0) is 14.3 Å². The fourth-order valence-corrected chi connectivity index (χ4v) is 3.62. The molecule has 1 rings (SSSR count). The lowest BCUT2D eigenvalue weighted by molar-refractivity contribution is -0.142. The monoisotopic (exact) mass is 473 g/mol. The SMILES string of the molecule is C=CCN(C(=O)C(NC(=O)OC(C)(C)C)C(C)C)C(C(=O)NCCCCC)c1ccccc1C. The first-order valence-corrected chi connectivity index (χ1v) is 12.2. The molecule has 0 bridgehead atoms. The van der Waals surface area contributed by atoms with Crippen molar-refractivity contribution in [3.8, 4) is 0 Å². The van der Waals surface area contributed by atoms with Crippen LogP contribution in [0.3, 0.4) is 0 Å². The van der Waals surface area contributed by atoms with Crippen molar-refractivity contribution in [2.75, 3.05) is 13.1 Å². The number of alkyl carbamates (subject to hydrolysis) is 1. The number of carbonyl (C=O) groups is 3. The summed E-state index contributed by atoms with van der Waals surface area (Å²) >= 11 is 0. The number of aryl methyl sites for hydroxylation is 1. The van der Waals surface area contributed by atoms with Gasteiger partial charge in [-0.15, -0.1) is 6.58 Å². The van der Waals surface area contributed by atoms with Crippen molar-refractivity contribution in [2.24, 2.45) is 5.92 Å². The van der Waals surface area contributed by atoms with Gasteiger partial charge in [-0.1, -0.05) is 64.0 Å². The molecule has 0 spiro atoms. The van der Waals surface area contributed by atoms with Crippen LogP contribution in [0.2, 0.25) is 0 Å². The summed E-state index contributed by atoms with van der Waals surface area (Å²) in [6, 6.07) is 5.82. The highest BCUT2D eigenvalue weighted by molar-refractivity contribution is 5.92. The van der Waals surface area contributed by atoms with Gasteiger partial charge < -0.3 is 20.3 Å². The largest absolute Gasteiger partial charge is 0.444 e. The minimum atomic E-state index is -0.866. The van der Waals surface area contributed by atoms with Crippen molar-refractivity contribution in [3.05, 3.63) is 48.0 Å². The molecular weight excluding hydrogens is 430 g/mol. The smallest absolute Gasteiger partial charge is 0.408 e. The molecule has 0 heterocycles. The normalized spacial score (nSPS) is 13.1. The zero-order chi connectivity index (χ0) is 25.9. The molecule has 7 heteroatoms. The van der Waals surface area contributed by atoms with Gasteiger partial charge in [-0.3, -0.25) is 9.59 Å². The van der Waals surface area contributed by atoms with Crippen LogP contribution in [-0.4, -0.2) is 47.5 Å². The number of ether oxygens (including phenoxy) is 1. The predicted molar refractivity (Wildman–Crippen MR) is 136 cm³/mol. The van der Waals surface area contributed by atoms with Crippen LogP contribution in [0.5, 0.6) is 0 Å². The van der Waals surface area contributed by atoms with Gasteiger partial charge in [-0.25, -0.2) is 4.79 Å². The van der Waals surface area contributed by atoms with Crippen molar-refractivity contribution < 1.29 is 19.1 Å². The Morgan fingerprint density at radius 1 is 1.15 bits per heavy atom. The summed E-state index contributed by atoms with van der Waals surface area (Å²) in [7, 11) is 0. The lowest BCUT2D eigenvalue weighted by Crippen LogP contribution is -2.55. The highest BCUT2D eigenvalue weighted by Gasteiger charge is 2.37. The van der Waals surface area contributed by atoms with E-state index in [1.807, 2.05) is 45.0 Å². The molecule has 0 saturated carbocycles. The van der Waals surface area contributed by atoms with Gasteiger partial charge in [0.15, 0.2) is 0 Å². The summed E-state index contributed by atoms with van der Waals surface area (Å²) in [5.41, 5.74) is 0.946. The van der Waals surface area contributed by atoms with E-state index in [0.29, 0.717) is 6.54 Å². The molecule has 7 nitrogen and oxygen atoms in total. The molecule has 0 aliphatic heterocycles. The number of hydrogen-bond acceptors (Lipinski definition) is 4. The number of amides is 3. The highest BCUT2D eigenvalue weighted by Crippen LogP contribution is 2.26. The molecule has 0 radical (unpaired) electrons. The van der Waals surface area contributed by atoms with Crippen molar-refractivity contribution >= 4 is 17.9 Å². The van der Waals surface area contributed by atoms with Gasteiger partial charge in [0, 0.05) is 13.1 Å². The molecule has 2 unspecified atom stereocenters. The molecule has 34 heavy (non-hydrogen) atoms. The minimum absolute atomic E-state index is 0.152. The molecule has 0 aliphatic carbocycles. The van der Waals surface area contributed by atoms with Crippen LogP contribution in [0.1, 0.15) is 78.0 Å². The Kier molecular flexibility index (Phi) is 11.8. The minimum Gasteiger partial charge on any atom is -0.444 e. The second kappa shape index (κ2) is 13.8. The van der Waals surface area contributed by atoms with Crippen molar-refractivity contribution in [1.29, 1.82) is 0 Å².